The number of fused-ring (bicyclic) bond motifs is 1. The standard InChI is InChI=1S/C15H20N2OS2/c1-9-5-6-12-11(7-9)13(16)14(20-12)15(18)17(3)10(2)8-19-4/h5-7,10H,8,16H2,1-4H3. The lowest BCUT2D eigenvalue weighted by Crippen LogP contribution is -2.36. The number of benzene rings is 1. The minimum Gasteiger partial charge on any atom is -0.397 e. The molecule has 2 N–H and O–H groups in total. The summed E-state index contributed by atoms with van der Waals surface area (Å²) in [5.74, 6) is 0.939. The Kier molecular flexibility index (Phi) is 4.60. The Morgan fingerprint density at radius 3 is 2.85 bits per heavy atom. The van der Waals surface area contributed by atoms with Crippen LogP contribution in [0.25, 0.3) is 10.1 Å². The molecule has 0 aliphatic rings. The molecule has 0 aliphatic heterocycles. The van der Waals surface area contributed by atoms with E-state index in [1.54, 1.807) is 16.7 Å². The number of thioether (sulfide) groups is 1. The van der Waals surface area contributed by atoms with Crippen molar-refractivity contribution in [3.8, 4) is 0 Å². The van der Waals surface area contributed by atoms with Gasteiger partial charge in [-0.25, -0.2) is 0 Å². The van der Waals surface area contributed by atoms with E-state index in [2.05, 4.69) is 6.92 Å². The second kappa shape index (κ2) is 6.06. The maximum atomic E-state index is 12.6. The third kappa shape index (κ3) is 2.79. The van der Waals surface area contributed by atoms with Crippen molar-refractivity contribution in [1.82, 2.24) is 4.90 Å². The second-order valence-corrected chi connectivity index (χ2v) is 7.03. The summed E-state index contributed by atoms with van der Waals surface area (Å²) >= 11 is 3.22. The Morgan fingerprint density at radius 1 is 1.50 bits per heavy atom. The largest absolute Gasteiger partial charge is 0.397 e. The third-order valence-electron chi connectivity index (χ3n) is 3.47. The molecule has 1 unspecified atom stereocenters. The average molecular weight is 308 g/mol. The van der Waals surface area contributed by atoms with E-state index in [-0.39, 0.29) is 11.9 Å². The fraction of sp³-hybridized carbons (Fsp3) is 0.400. The highest BCUT2D eigenvalue weighted by atomic mass is 32.2. The Morgan fingerprint density at radius 2 is 2.20 bits per heavy atom. The molecule has 3 nitrogen and oxygen atoms in total. The molecule has 1 heterocycles. The number of amides is 1. The van der Waals surface area contributed by atoms with Crippen LogP contribution in [0.1, 0.15) is 22.2 Å². The molecule has 0 radical (unpaired) electrons. The van der Waals surface area contributed by atoms with E-state index >= 15 is 0 Å². The van der Waals surface area contributed by atoms with E-state index < -0.39 is 0 Å². The van der Waals surface area contributed by atoms with E-state index in [0.29, 0.717) is 10.6 Å². The Labute approximate surface area is 128 Å². The molecule has 0 saturated carbocycles. The predicted octanol–water partition coefficient (Wildman–Crippen LogP) is 3.62. The zero-order valence-electron chi connectivity index (χ0n) is 12.3. The average Bonchev–Trinajstić information content (AvgIpc) is 2.74. The topological polar surface area (TPSA) is 46.3 Å². The van der Waals surface area contributed by atoms with Crippen molar-refractivity contribution < 1.29 is 4.79 Å². The second-order valence-electron chi connectivity index (χ2n) is 5.06. The van der Waals surface area contributed by atoms with Crippen LogP contribution in [0.5, 0.6) is 0 Å². The molecule has 0 bridgehead atoms. The number of nitrogen functional groups attached to an aromatic ring is 1. The first-order chi connectivity index (χ1) is 9.45. The lowest BCUT2D eigenvalue weighted by atomic mass is 10.1. The van der Waals surface area contributed by atoms with Crippen LogP contribution >= 0.6 is 23.1 Å². The molecule has 2 rings (SSSR count). The van der Waals surface area contributed by atoms with E-state index in [1.165, 1.54) is 11.3 Å². The zero-order chi connectivity index (χ0) is 14.9. The van der Waals surface area contributed by atoms with E-state index in [0.717, 1.165) is 21.4 Å². The number of nitrogens with zero attached hydrogens (tertiary/aromatic N) is 1. The molecule has 0 fully saturated rings. The normalized spacial score (nSPS) is 12.6. The fourth-order valence-electron chi connectivity index (χ4n) is 2.10. The zero-order valence-corrected chi connectivity index (χ0v) is 13.9. The van der Waals surface area contributed by atoms with Gasteiger partial charge in [-0.1, -0.05) is 11.6 Å². The highest BCUT2D eigenvalue weighted by Gasteiger charge is 2.22. The Balaban J connectivity index is 2.37. The van der Waals surface area contributed by atoms with Crippen molar-refractivity contribution >= 4 is 44.8 Å². The van der Waals surface area contributed by atoms with Gasteiger partial charge < -0.3 is 10.6 Å². The van der Waals surface area contributed by atoms with Crippen molar-refractivity contribution in [2.45, 2.75) is 19.9 Å². The molecule has 1 amide bonds. The summed E-state index contributed by atoms with van der Waals surface area (Å²) in [4.78, 5) is 15.0. The number of thiophene rings is 1. The van der Waals surface area contributed by atoms with Crippen LogP contribution in [0.2, 0.25) is 0 Å². The fourth-order valence-corrected chi connectivity index (χ4v) is 3.89. The van der Waals surface area contributed by atoms with Gasteiger partial charge in [0.1, 0.15) is 4.88 Å². The number of carbonyl (C=O) groups is 1. The van der Waals surface area contributed by atoms with Crippen LogP contribution in [-0.2, 0) is 0 Å². The first kappa shape index (κ1) is 15.2. The van der Waals surface area contributed by atoms with Gasteiger partial charge in [0.15, 0.2) is 0 Å². The van der Waals surface area contributed by atoms with Crippen LogP contribution < -0.4 is 5.73 Å². The summed E-state index contributed by atoms with van der Waals surface area (Å²) in [6, 6.07) is 6.33. The van der Waals surface area contributed by atoms with Gasteiger partial charge >= 0.3 is 0 Å². The van der Waals surface area contributed by atoms with Gasteiger partial charge in [0.25, 0.3) is 5.91 Å². The van der Waals surface area contributed by atoms with Gasteiger partial charge in [-0.2, -0.15) is 11.8 Å². The van der Waals surface area contributed by atoms with Gasteiger partial charge in [0.2, 0.25) is 0 Å². The maximum Gasteiger partial charge on any atom is 0.266 e. The lowest BCUT2D eigenvalue weighted by molar-refractivity contribution is 0.0763. The molecular formula is C15H20N2OS2. The van der Waals surface area contributed by atoms with Crippen molar-refractivity contribution in [3.05, 3.63) is 28.6 Å². The number of nitrogens with two attached hydrogens (primary N) is 1. The summed E-state index contributed by atoms with van der Waals surface area (Å²) in [6.45, 7) is 4.09. The molecular weight excluding hydrogens is 288 g/mol. The van der Waals surface area contributed by atoms with Crippen LogP contribution in [-0.4, -0.2) is 35.9 Å². The number of aryl methyl sites for hydroxylation is 1. The lowest BCUT2D eigenvalue weighted by Gasteiger charge is -2.23. The van der Waals surface area contributed by atoms with Crippen LogP contribution in [0.4, 0.5) is 5.69 Å². The van der Waals surface area contributed by atoms with Gasteiger partial charge in [-0.3, -0.25) is 4.79 Å². The van der Waals surface area contributed by atoms with Crippen LogP contribution in [0.3, 0.4) is 0 Å². The third-order valence-corrected chi connectivity index (χ3v) is 5.46. The van der Waals surface area contributed by atoms with Gasteiger partial charge in [0.05, 0.1) is 5.69 Å². The van der Waals surface area contributed by atoms with Crippen molar-refractivity contribution in [2.24, 2.45) is 0 Å². The summed E-state index contributed by atoms with van der Waals surface area (Å²) in [7, 11) is 1.85. The molecule has 2 aromatic rings. The molecule has 0 aliphatic carbocycles. The van der Waals surface area contributed by atoms with Gasteiger partial charge in [-0.15, -0.1) is 11.3 Å². The molecule has 108 valence electrons. The maximum absolute atomic E-state index is 12.6. The number of rotatable bonds is 4. The summed E-state index contributed by atoms with van der Waals surface area (Å²) < 4.78 is 1.07. The molecule has 0 spiro atoms. The summed E-state index contributed by atoms with van der Waals surface area (Å²) in [5, 5.41) is 0.990. The number of hydrogen-bond donors (Lipinski definition) is 1. The first-order valence-corrected chi connectivity index (χ1v) is 8.71. The molecule has 1 atom stereocenters. The first-order valence-electron chi connectivity index (χ1n) is 6.50. The molecule has 20 heavy (non-hydrogen) atoms. The smallest absolute Gasteiger partial charge is 0.266 e. The SMILES string of the molecule is CSCC(C)N(C)C(=O)c1sc2ccc(C)cc2c1N. The quantitative estimate of drug-likeness (QED) is 0.938. The van der Waals surface area contributed by atoms with Crippen molar-refractivity contribution in [1.29, 1.82) is 0 Å². The Bertz CT molecular complexity index is 636. The number of carbonyl (C=O) groups excluding carboxylic acids is 1. The van der Waals surface area contributed by atoms with Gasteiger partial charge in [0, 0.05) is 28.9 Å². The van der Waals surface area contributed by atoms with E-state index in [4.69, 9.17) is 5.73 Å². The minimum atomic E-state index is 0.0166. The molecule has 0 saturated heterocycles. The molecule has 1 aromatic carbocycles. The highest BCUT2D eigenvalue weighted by molar-refractivity contribution is 7.98. The number of anilines is 1. The van der Waals surface area contributed by atoms with E-state index in [9.17, 15) is 4.79 Å². The number of hydrogen-bond acceptors (Lipinski definition) is 4. The van der Waals surface area contributed by atoms with Crippen molar-refractivity contribution in [3.63, 3.8) is 0 Å². The minimum absolute atomic E-state index is 0.0166. The van der Waals surface area contributed by atoms with E-state index in [1.807, 2.05) is 38.4 Å². The summed E-state index contributed by atoms with van der Waals surface area (Å²) in [6.07, 6.45) is 2.05. The summed E-state index contributed by atoms with van der Waals surface area (Å²) in [5.41, 5.74) is 7.95. The molecule has 1 aromatic heterocycles. The van der Waals surface area contributed by atoms with Gasteiger partial charge in [-0.05, 0) is 32.2 Å². The van der Waals surface area contributed by atoms with Crippen LogP contribution in [0, 0.1) is 6.92 Å². The highest BCUT2D eigenvalue weighted by Crippen LogP contribution is 2.35. The predicted molar refractivity (Wildman–Crippen MR) is 90.9 cm³/mol. The monoisotopic (exact) mass is 308 g/mol. The Hall–Kier alpha value is -1.20. The molecule has 5 heteroatoms. The van der Waals surface area contributed by atoms with Crippen molar-refractivity contribution in [2.75, 3.05) is 24.8 Å². The van der Waals surface area contributed by atoms with Crippen LogP contribution in [0.15, 0.2) is 18.2 Å².